The maximum atomic E-state index is 11.8. The van der Waals surface area contributed by atoms with E-state index in [9.17, 15) is 4.79 Å². The third kappa shape index (κ3) is 5.40. The molecule has 5 heteroatoms. The zero-order chi connectivity index (χ0) is 14.1. The molecule has 1 rings (SSSR count). The molecule has 0 saturated heterocycles. The molecule has 5 nitrogen and oxygen atoms in total. The molecule has 0 fully saturated rings. The number of amides is 1. The Kier molecular flexibility index (Phi) is 6.41. The van der Waals surface area contributed by atoms with Gasteiger partial charge in [-0.05, 0) is 30.7 Å². The summed E-state index contributed by atoms with van der Waals surface area (Å²) in [6.45, 7) is 2.07. The van der Waals surface area contributed by atoms with Crippen LogP contribution < -0.4 is 15.8 Å². The van der Waals surface area contributed by atoms with E-state index in [4.69, 9.17) is 15.7 Å². The molecular weight excluding hydrogens is 242 g/mol. The van der Waals surface area contributed by atoms with E-state index in [0.717, 1.165) is 12.8 Å². The van der Waals surface area contributed by atoms with Gasteiger partial charge in [0.05, 0.1) is 6.04 Å². The van der Waals surface area contributed by atoms with Crippen LogP contribution in [0.2, 0.25) is 0 Å². The topological polar surface area (TPSA) is 88.1 Å². The minimum Gasteiger partial charge on any atom is -0.479 e. The molecule has 0 aliphatic carbocycles. The number of carbonyl (C=O) groups is 1. The smallest absolute Gasteiger partial charge is 0.241 e. The van der Waals surface area contributed by atoms with Gasteiger partial charge in [-0.25, -0.2) is 0 Å². The highest BCUT2D eigenvalue weighted by atomic mass is 16.5. The first kappa shape index (κ1) is 15.0. The lowest BCUT2D eigenvalue weighted by Crippen LogP contribution is -2.35. The highest BCUT2D eigenvalue weighted by molar-refractivity contribution is 5.94. The third-order valence-electron chi connectivity index (χ3n) is 2.63. The SMILES string of the molecule is CCCCC(N)C(=O)Nc1ccc(OCC#N)cc1. The molecule has 19 heavy (non-hydrogen) atoms. The first-order valence-corrected chi connectivity index (χ1v) is 6.33. The molecule has 0 heterocycles. The molecule has 1 aromatic carbocycles. The Morgan fingerprint density at radius 2 is 2.16 bits per heavy atom. The van der Waals surface area contributed by atoms with Crippen LogP contribution in [0.4, 0.5) is 5.69 Å². The minimum atomic E-state index is -0.477. The lowest BCUT2D eigenvalue weighted by molar-refractivity contribution is -0.117. The number of benzene rings is 1. The Hall–Kier alpha value is -2.06. The highest BCUT2D eigenvalue weighted by Crippen LogP contribution is 2.16. The number of rotatable bonds is 7. The van der Waals surface area contributed by atoms with Gasteiger partial charge >= 0.3 is 0 Å². The molecule has 1 aromatic rings. The summed E-state index contributed by atoms with van der Waals surface area (Å²) in [5, 5.41) is 11.1. The van der Waals surface area contributed by atoms with Gasteiger partial charge in [-0.1, -0.05) is 19.8 Å². The van der Waals surface area contributed by atoms with Crippen molar-refractivity contribution in [2.45, 2.75) is 32.2 Å². The molecule has 0 aliphatic rings. The zero-order valence-electron chi connectivity index (χ0n) is 11.1. The van der Waals surface area contributed by atoms with E-state index >= 15 is 0 Å². The molecule has 0 saturated carbocycles. The second-order valence-corrected chi connectivity index (χ2v) is 4.21. The van der Waals surface area contributed by atoms with E-state index in [-0.39, 0.29) is 12.5 Å². The van der Waals surface area contributed by atoms with Crippen molar-refractivity contribution in [3.63, 3.8) is 0 Å². The predicted octanol–water partition coefficient (Wildman–Crippen LogP) is 2.04. The summed E-state index contributed by atoms with van der Waals surface area (Å²) in [5.74, 6) is 0.411. The maximum absolute atomic E-state index is 11.8. The molecule has 1 atom stereocenters. The summed E-state index contributed by atoms with van der Waals surface area (Å²) < 4.78 is 5.12. The predicted molar refractivity (Wildman–Crippen MR) is 73.7 cm³/mol. The minimum absolute atomic E-state index is 0.00754. The number of anilines is 1. The second kappa shape index (κ2) is 8.11. The quantitative estimate of drug-likeness (QED) is 0.786. The molecule has 1 amide bonds. The van der Waals surface area contributed by atoms with Gasteiger partial charge < -0.3 is 15.8 Å². The standard InChI is InChI=1S/C14H19N3O2/c1-2-3-4-13(16)14(18)17-11-5-7-12(8-6-11)19-10-9-15/h5-8,13H,2-4,10,16H2,1H3,(H,17,18). The Bertz CT molecular complexity index is 437. The lowest BCUT2D eigenvalue weighted by Gasteiger charge is -2.12. The van der Waals surface area contributed by atoms with Gasteiger partial charge in [0, 0.05) is 5.69 Å². The number of hydrogen-bond donors (Lipinski definition) is 2. The van der Waals surface area contributed by atoms with E-state index in [1.165, 1.54) is 0 Å². The second-order valence-electron chi connectivity index (χ2n) is 4.21. The van der Waals surface area contributed by atoms with Crippen molar-refractivity contribution in [3.8, 4) is 11.8 Å². The van der Waals surface area contributed by atoms with Gasteiger partial charge in [-0.2, -0.15) is 5.26 Å². The molecule has 0 aromatic heterocycles. The number of hydrogen-bond acceptors (Lipinski definition) is 4. The van der Waals surface area contributed by atoms with E-state index in [2.05, 4.69) is 12.2 Å². The van der Waals surface area contributed by atoms with Gasteiger partial charge in [0.1, 0.15) is 11.8 Å². The molecular formula is C14H19N3O2. The van der Waals surface area contributed by atoms with Crippen LogP contribution in [0.5, 0.6) is 5.75 Å². The van der Waals surface area contributed by atoms with E-state index in [0.29, 0.717) is 17.9 Å². The monoisotopic (exact) mass is 261 g/mol. The first-order chi connectivity index (χ1) is 9.17. The van der Waals surface area contributed by atoms with E-state index in [1.54, 1.807) is 24.3 Å². The number of unbranched alkanes of at least 4 members (excludes halogenated alkanes) is 1. The van der Waals surface area contributed by atoms with Crippen molar-refractivity contribution < 1.29 is 9.53 Å². The van der Waals surface area contributed by atoms with Crippen molar-refractivity contribution in [3.05, 3.63) is 24.3 Å². The molecule has 0 spiro atoms. The number of nitrogens with two attached hydrogens (primary N) is 1. The largest absolute Gasteiger partial charge is 0.479 e. The Labute approximate surface area is 113 Å². The first-order valence-electron chi connectivity index (χ1n) is 6.33. The zero-order valence-corrected chi connectivity index (χ0v) is 11.1. The number of nitrogens with zero attached hydrogens (tertiary/aromatic N) is 1. The van der Waals surface area contributed by atoms with Crippen LogP contribution in [0.1, 0.15) is 26.2 Å². The Morgan fingerprint density at radius 1 is 1.47 bits per heavy atom. The van der Waals surface area contributed by atoms with Crippen LogP contribution in [-0.4, -0.2) is 18.6 Å². The van der Waals surface area contributed by atoms with Crippen molar-refractivity contribution >= 4 is 11.6 Å². The maximum Gasteiger partial charge on any atom is 0.241 e. The number of carbonyl (C=O) groups excluding carboxylic acids is 1. The fraction of sp³-hybridized carbons (Fsp3) is 0.429. The van der Waals surface area contributed by atoms with E-state index < -0.39 is 6.04 Å². The van der Waals surface area contributed by atoms with Crippen LogP contribution in [0, 0.1) is 11.3 Å². The third-order valence-corrected chi connectivity index (χ3v) is 2.63. The molecule has 0 bridgehead atoms. The average Bonchev–Trinajstić information content (AvgIpc) is 2.43. The van der Waals surface area contributed by atoms with Crippen molar-refractivity contribution in [2.24, 2.45) is 5.73 Å². The Balaban J connectivity index is 2.48. The summed E-state index contributed by atoms with van der Waals surface area (Å²) in [6.07, 6.45) is 2.65. The number of nitriles is 1. The fourth-order valence-corrected chi connectivity index (χ4v) is 1.54. The summed E-state index contributed by atoms with van der Waals surface area (Å²) in [4.78, 5) is 11.8. The average molecular weight is 261 g/mol. The van der Waals surface area contributed by atoms with Crippen LogP contribution in [-0.2, 0) is 4.79 Å². The van der Waals surface area contributed by atoms with Gasteiger partial charge in [-0.3, -0.25) is 4.79 Å². The molecule has 0 radical (unpaired) electrons. The van der Waals surface area contributed by atoms with Crippen LogP contribution in [0.3, 0.4) is 0 Å². The van der Waals surface area contributed by atoms with Crippen LogP contribution in [0.15, 0.2) is 24.3 Å². The van der Waals surface area contributed by atoms with Gasteiger partial charge in [0.15, 0.2) is 6.61 Å². The molecule has 3 N–H and O–H groups in total. The van der Waals surface area contributed by atoms with Gasteiger partial charge in [0.25, 0.3) is 0 Å². The van der Waals surface area contributed by atoms with Crippen molar-refractivity contribution in [1.29, 1.82) is 5.26 Å². The fourth-order valence-electron chi connectivity index (χ4n) is 1.54. The normalized spacial score (nSPS) is 11.4. The summed E-state index contributed by atoms with van der Waals surface area (Å²) in [7, 11) is 0. The van der Waals surface area contributed by atoms with E-state index in [1.807, 2.05) is 6.07 Å². The van der Waals surface area contributed by atoms with Crippen molar-refractivity contribution in [2.75, 3.05) is 11.9 Å². The highest BCUT2D eigenvalue weighted by Gasteiger charge is 2.12. The van der Waals surface area contributed by atoms with Crippen molar-refractivity contribution in [1.82, 2.24) is 0 Å². The number of ether oxygens (including phenoxy) is 1. The molecule has 1 unspecified atom stereocenters. The Morgan fingerprint density at radius 3 is 2.74 bits per heavy atom. The number of nitrogens with one attached hydrogen (secondary N) is 1. The summed E-state index contributed by atoms with van der Waals surface area (Å²) in [5.41, 5.74) is 6.44. The van der Waals surface area contributed by atoms with Gasteiger partial charge in [-0.15, -0.1) is 0 Å². The molecule has 0 aliphatic heterocycles. The van der Waals surface area contributed by atoms with Crippen LogP contribution in [0.25, 0.3) is 0 Å². The van der Waals surface area contributed by atoms with Gasteiger partial charge in [0.2, 0.25) is 5.91 Å². The van der Waals surface area contributed by atoms with Crippen LogP contribution >= 0.6 is 0 Å². The molecule has 102 valence electrons. The summed E-state index contributed by atoms with van der Waals surface area (Å²) in [6, 6.07) is 8.25. The lowest BCUT2D eigenvalue weighted by atomic mass is 10.1. The summed E-state index contributed by atoms with van der Waals surface area (Å²) >= 11 is 0.